The zero-order valence-corrected chi connectivity index (χ0v) is 16.4. The molecule has 0 radical (unpaired) electrons. The molecule has 4 heteroatoms. The molecule has 142 valence electrons. The van der Waals surface area contributed by atoms with Crippen LogP contribution in [0, 0.1) is 17.8 Å². The van der Waals surface area contributed by atoms with Gasteiger partial charge in [0.2, 0.25) is 0 Å². The topological polar surface area (TPSA) is 26.8 Å². The van der Waals surface area contributed by atoms with Crippen LogP contribution in [-0.4, -0.2) is 60.0 Å². The lowest BCUT2D eigenvalue weighted by Gasteiger charge is -2.40. The number of nitrogens with zero attached hydrogens (tertiary/aromatic N) is 3. The van der Waals surface area contributed by atoms with Gasteiger partial charge in [-0.1, -0.05) is 13.5 Å². The maximum atomic E-state index is 12.7. The number of carbonyl (C=O) groups excluding carboxylic acids is 1. The fourth-order valence-corrected chi connectivity index (χ4v) is 4.78. The van der Waals surface area contributed by atoms with E-state index in [0.717, 1.165) is 43.9 Å². The molecular weight excluding hydrogens is 310 g/mol. The Balaban J connectivity index is 1.37. The summed E-state index contributed by atoms with van der Waals surface area (Å²) in [7, 11) is 0. The van der Waals surface area contributed by atoms with Gasteiger partial charge in [0.15, 0.2) is 0 Å². The lowest BCUT2D eigenvalue weighted by Crippen LogP contribution is -2.49. The van der Waals surface area contributed by atoms with Crippen LogP contribution in [0.4, 0.5) is 4.79 Å². The summed E-state index contributed by atoms with van der Waals surface area (Å²) in [5, 5.41) is 0. The summed E-state index contributed by atoms with van der Waals surface area (Å²) in [5.74, 6) is 2.49. The Morgan fingerprint density at radius 2 is 1.20 bits per heavy atom. The van der Waals surface area contributed by atoms with Gasteiger partial charge in [0.25, 0.3) is 0 Å². The molecule has 0 aromatic carbocycles. The summed E-state index contributed by atoms with van der Waals surface area (Å²) >= 11 is 0. The largest absolute Gasteiger partial charge is 0.376 e. The van der Waals surface area contributed by atoms with Gasteiger partial charge in [0.1, 0.15) is 0 Å². The molecule has 0 bridgehead atoms. The lowest BCUT2D eigenvalue weighted by molar-refractivity contribution is 0.110. The number of carbonyl (C=O) groups is 1. The predicted molar refractivity (Wildman–Crippen MR) is 103 cm³/mol. The summed E-state index contributed by atoms with van der Waals surface area (Å²) in [4.78, 5) is 19.3. The minimum atomic E-state index is 0.306. The Kier molecular flexibility index (Phi) is 6.29. The van der Waals surface area contributed by atoms with Crippen molar-refractivity contribution < 1.29 is 4.79 Å². The van der Waals surface area contributed by atoms with Gasteiger partial charge >= 0.3 is 6.03 Å². The minimum absolute atomic E-state index is 0.306. The Morgan fingerprint density at radius 3 is 1.64 bits per heavy atom. The van der Waals surface area contributed by atoms with E-state index in [1.807, 2.05) is 0 Å². The second-order valence-corrected chi connectivity index (χ2v) is 8.78. The molecule has 0 aromatic rings. The van der Waals surface area contributed by atoms with E-state index in [-0.39, 0.29) is 0 Å². The highest BCUT2D eigenvalue weighted by Gasteiger charge is 2.30. The van der Waals surface area contributed by atoms with E-state index < -0.39 is 0 Å². The van der Waals surface area contributed by atoms with Crippen molar-refractivity contribution in [2.75, 3.05) is 39.3 Å². The Morgan fingerprint density at radius 1 is 0.800 bits per heavy atom. The van der Waals surface area contributed by atoms with Gasteiger partial charge in [0.05, 0.1) is 0 Å². The van der Waals surface area contributed by atoms with Crippen LogP contribution in [0.15, 0.2) is 12.3 Å². The number of hydrogen-bond acceptors (Lipinski definition) is 2. The predicted octanol–water partition coefficient (Wildman–Crippen LogP) is 4.19. The molecule has 0 aromatic heterocycles. The summed E-state index contributed by atoms with van der Waals surface area (Å²) in [6.07, 6.45) is 8.76. The van der Waals surface area contributed by atoms with E-state index in [1.54, 1.807) is 0 Å². The summed E-state index contributed by atoms with van der Waals surface area (Å²) < 4.78 is 0. The Hall–Kier alpha value is -1.19. The molecule has 3 aliphatic heterocycles. The second kappa shape index (κ2) is 8.46. The van der Waals surface area contributed by atoms with Crippen LogP contribution in [0.1, 0.15) is 58.8 Å². The quantitative estimate of drug-likeness (QED) is 0.765. The number of urea groups is 1. The Bertz CT molecular complexity index is 454. The van der Waals surface area contributed by atoms with Crippen molar-refractivity contribution in [3.63, 3.8) is 0 Å². The fraction of sp³-hybridized carbons (Fsp3) is 0.857. The van der Waals surface area contributed by atoms with E-state index in [2.05, 4.69) is 35.1 Å². The van der Waals surface area contributed by atoms with Crippen molar-refractivity contribution in [1.82, 2.24) is 14.7 Å². The van der Waals surface area contributed by atoms with E-state index >= 15 is 0 Å². The zero-order chi connectivity index (χ0) is 17.8. The van der Waals surface area contributed by atoms with Gasteiger partial charge in [-0.2, -0.15) is 0 Å². The molecule has 0 saturated carbocycles. The van der Waals surface area contributed by atoms with E-state index in [0.29, 0.717) is 6.03 Å². The summed E-state index contributed by atoms with van der Waals surface area (Å²) in [6.45, 7) is 14.7. The normalized spacial score (nSPS) is 24.6. The lowest BCUT2D eigenvalue weighted by atomic mass is 9.83. The molecule has 3 aliphatic rings. The van der Waals surface area contributed by atoms with Gasteiger partial charge in [-0.25, -0.2) is 4.79 Å². The van der Waals surface area contributed by atoms with Crippen LogP contribution in [0.3, 0.4) is 0 Å². The number of hydrogen-bond donors (Lipinski definition) is 0. The third-order valence-electron chi connectivity index (χ3n) is 6.76. The number of piperidine rings is 3. The smallest absolute Gasteiger partial charge is 0.319 e. The first-order valence-electron chi connectivity index (χ1n) is 10.5. The number of rotatable bonds is 3. The average molecular weight is 348 g/mol. The van der Waals surface area contributed by atoms with Gasteiger partial charge in [-0.05, 0) is 69.6 Å². The SMILES string of the molecule is C=C(C)N1CCC(CC2CCN(C(=O)N3CCC(C)CC3)CC2)CC1. The van der Waals surface area contributed by atoms with Crippen molar-refractivity contribution in [2.45, 2.75) is 58.8 Å². The van der Waals surface area contributed by atoms with Crippen molar-refractivity contribution in [2.24, 2.45) is 17.8 Å². The van der Waals surface area contributed by atoms with Crippen molar-refractivity contribution in [1.29, 1.82) is 0 Å². The molecule has 2 amide bonds. The maximum Gasteiger partial charge on any atom is 0.319 e. The summed E-state index contributed by atoms with van der Waals surface area (Å²) in [6, 6.07) is 0.306. The highest BCUT2D eigenvalue weighted by molar-refractivity contribution is 5.74. The van der Waals surface area contributed by atoms with Crippen LogP contribution in [0.5, 0.6) is 0 Å². The van der Waals surface area contributed by atoms with Crippen LogP contribution >= 0.6 is 0 Å². The monoisotopic (exact) mass is 347 g/mol. The molecule has 0 N–H and O–H groups in total. The molecule has 3 heterocycles. The van der Waals surface area contributed by atoms with Crippen LogP contribution < -0.4 is 0 Å². The average Bonchev–Trinajstić information content (AvgIpc) is 2.63. The third kappa shape index (κ3) is 4.92. The molecule has 0 atom stereocenters. The number of amides is 2. The highest BCUT2D eigenvalue weighted by Crippen LogP contribution is 2.31. The molecule has 0 unspecified atom stereocenters. The zero-order valence-electron chi connectivity index (χ0n) is 16.4. The molecule has 3 saturated heterocycles. The van der Waals surface area contributed by atoms with Crippen molar-refractivity contribution in [3.05, 3.63) is 12.3 Å². The first-order valence-corrected chi connectivity index (χ1v) is 10.5. The highest BCUT2D eigenvalue weighted by atomic mass is 16.2. The molecular formula is C21H37N3O. The molecule has 3 fully saturated rings. The molecule has 0 aliphatic carbocycles. The van der Waals surface area contributed by atoms with Crippen LogP contribution in [0.25, 0.3) is 0 Å². The van der Waals surface area contributed by atoms with Gasteiger partial charge in [-0.15, -0.1) is 0 Å². The summed E-state index contributed by atoms with van der Waals surface area (Å²) in [5.41, 5.74) is 1.22. The van der Waals surface area contributed by atoms with Gasteiger partial charge in [-0.3, -0.25) is 0 Å². The van der Waals surface area contributed by atoms with E-state index in [1.165, 1.54) is 63.7 Å². The maximum absolute atomic E-state index is 12.7. The fourth-order valence-electron chi connectivity index (χ4n) is 4.78. The minimum Gasteiger partial charge on any atom is -0.376 e. The molecule has 4 nitrogen and oxygen atoms in total. The van der Waals surface area contributed by atoms with Crippen molar-refractivity contribution >= 4 is 6.03 Å². The third-order valence-corrected chi connectivity index (χ3v) is 6.76. The van der Waals surface area contributed by atoms with E-state index in [9.17, 15) is 4.79 Å². The number of allylic oxidation sites excluding steroid dienone is 1. The van der Waals surface area contributed by atoms with Crippen LogP contribution in [0.2, 0.25) is 0 Å². The van der Waals surface area contributed by atoms with Crippen molar-refractivity contribution in [3.8, 4) is 0 Å². The van der Waals surface area contributed by atoms with Gasteiger partial charge < -0.3 is 14.7 Å². The molecule has 3 rings (SSSR count). The van der Waals surface area contributed by atoms with E-state index in [4.69, 9.17) is 0 Å². The van der Waals surface area contributed by atoms with Crippen LogP contribution in [-0.2, 0) is 0 Å². The first-order chi connectivity index (χ1) is 12.0. The first kappa shape index (κ1) is 18.6. The second-order valence-electron chi connectivity index (χ2n) is 8.78. The van der Waals surface area contributed by atoms with Gasteiger partial charge in [0, 0.05) is 45.0 Å². The molecule has 25 heavy (non-hydrogen) atoms. The molecule has 0 spiro atoms. The Labute approximate surface area is 154 Å². The number of likely N-dealkylation sites (tertiary alicyclic amines) is 3. The standard InChI is InChI=1S/C21H37N3O/c1-17(2)22-12-6-19(7-13-22)16-20-8-14-24(15-9-20)21(25)23-10-4-18(3)5-11-23/h18-20H,1,4-16H2,2-3H3.